The Morgan fingerprint density at radius 3 is 2.67 bits per heavy atom. The van der Waals surface area contributed by atoms with E-state index >= 15 is 0 Å². The van der Waals surface area contributed by atoms with E-state index in [-0.39, 0.29) is 34.1 Å². The largest absolute Gasteiger partial charge is 0.480 e. The topological polar surface area (TPSA) is 110 Å². The highest BCUT2D eigenvalue weighted by Gasteiger charge is 2.36. The number of hydrogen-bond donors (Lipinski definition) is 2. The average Bonchev–Trinajstić information content (AvgIpc) is 2.48. The Hall–Kier alpha value is -1.66. The summed E-state index contributed by atoms with van der Waals surface area (Å²) in [7, 11) is -3.73. The Labute approximate surface area is 145 Å². The monoisotopic (exact) mass is 371 g/mol. The molecule has 1 fully saturated rings. The Balaban J connectivity index is 1.99. The highest BCUT2D eigenvalue weighted by Crippen LogP contribution is 2.28. The number of sulfonamides is 1. The summed E-state index contributed by atoms with van der Waals surface area (Å²) in [4.78, 5) is 12.6. The highest BCUT2D eigenvalue weighted by molar-refractivity contribution is 7.89. The van der Waals surface area contributed by atoms with Crippen molar-refractivity contribution in [3.8, 4) is 6.07 Å². The number of rotatable bonds is 7. The molecule has 1 aromatic carbocycles. The zero-order chi connectivity index (χ0) is 17.9. The normalized spacial score (nSPS) is 20.4. The molecule has 0 saturated heterocycles. The molecule has 0 spiro atoms. The maximum Gasteiger partial charge on any atom is 0.317 e. The second-order valence-corrected chi connectivity index (χ2v) is 7.77. The first kappa shape index (κ1) is 18.7. The first-order chi connectivity index (χ1) is 11.3. The van der Waals surface area contributed by atoms with Gasteiger partial charge in [-0.1, -0.05) is 18.5 Å². The molecule has 1 aromatic rings. The van der Waals surface area contributed by atoms with Crippen LogP contribution < -0.4 is 4.72 Å². The van der Waals surface area contributed by atoms with E-state index in [2.05, 4.69) is 4.72 Å². The van der Waals surface area contributed by atoms with E-state index in [9.17, 15) is 13.2 Å². The second kappa shape index (κ2) is 7.49. The third kappa shape index (κ3) is 4.24. The van der Waals surface area contributed by atoms with Gasteiger partial charge in [0.25, 0.3) is 0 Å². The Bertz CT molecular complexity index is 769. The fourth-order valence-electron chi connectivity index (χ4n) is 2.70. The molecule has 0 radical (unpaired) electrons. The number of nitriles is 1. The fourth-order valence-corrected chi connectivity index (χ4v) is 4.27. The minimum atomic E-state index is -3.73. The lowest BCUT2D eigenvalue weighted by molar-refractivity contribution is -0.139. The summed E-state index contributed by atoms with van der Waals surface area (Å²) >= 11 is 5.87. The van der Waals surface area contributed by atoms with Gasteiger partial charge in [-0.2, -0.15) is 5.26 Å². The van der Waals surface area contributed by atoms with Crippen molar-refractivity contribution in [2.24, 2.45) is 0 Å². The zero-order valence-corrected chi connectivity index (χ0v) is 14.6. The Kier molecular flexibility index (Phi) is 5.83. The first-order valence-electron chi connectivity index (χ1n) is 7.44. The molecule has 1 saturated carbocycles. The Morgan fingerprint density at radius 2 is 2.17 bits per heavy atom. The van der Waals surface area contributed by atoms with Crippen molar-refractivity contribution in [2.75, 3.05) is 13.1 Å². The van der Waals surface area contributed by atoms with Gasteiger partial charge >= 0.3 is 5.97 Å². The molecule has 1 aliphatic carbocycles. The number of likely N-dealkylation sites (N-methyl/N-ethyl adjacent to an activating group) is 1. The number of benzene rings is 1. The maximum absolute atomic E-state index is 12.4. The molecular weight excluding hydrogens is 354 g/mol. The fraction of sp³-hybridized carbons (Fsp3) is 0.467. The maximum atomic E-state index is 12.4. The van der Waals surface area contributed by atoms with Crippen LogP contribution in [0.25, 0.3) is 0 Å². The molecule has 0 unspecified atom stereocenters. The van der Waals surface area contributed by atoms with Gasteiger partial charge in [-0.25, -0.2) is 13.1 Å². The van der Waals surface area contributed by atoms with Crippen molar-refractivity contribution >= 4 is 27.6 Å². The van der Waals surface area contributed by atoms with Crippen molar-refractivity contribution < 1.29 is 18.3 Å². The van der Waals surface area contributed by atoms with Crippen molar-refractivity contribution in [3.05, 3.63) is 28.8 Å². The van der Waals surface area contributed by atoms with Crippen molar-refractivity contribution in [1.29, 1.82) is 5.26 Å². The molecule has 130 valence electrons. The molecule has 0 aromatic heterocycles. The third-order valence-corrected chi connectivity index (χ3v) is 5.90. The average molecular weight is 372 g/mol. The van der Waals surface area contributed by atoms with Gasteiger partial charge in [0.15, 0.2) is 0 Å². The molecule has 0 atom stereocenters. The van der Waals surface area contributed by atoms with Crippen LogP contribution in [0, 0.1) is 11.3 Å². The van der Waals surface area contributed by atoms with Crippen LogP contribution in [0.15, 0.2) is 23.1 Å². The van der Waals surface area contributed by atoms with E-state index in [1.165, 1.54) is 18.2 Å². The van der Waals surface area contributed by atoms with Gasteiger partial charge in [-0.05, 0) is 37.6 Å². The summed E-state index contributed by atoms with van der Waals surface area (Å²) in [6.45, 7) is 2.42. The van der Waals surface area contributed by atoms with Crippen LogP contribution in [0.2, 0.25) is 5.02 Å². The summed E-state index contributed by atoms with van der Waals surface area (Å²) in [5.74, 6) is -0.895. The second-order valence-electron chi connectivity index (χ2n) is 5.65. The highest BCUT2D eigenvalue weighted by atomic mass is 35.5. The third-order valence-electron chi connectivity index (χ3n) is 4.07. The standard InChI is InChI=1S/C15H18ClN3O4S/c1-2-19(9-15(20)21)12-5-11(6-12)18-24(22,23)13-4-3-10(8-17)14(16)7-13/h3-4,7,11-12,18H,2,5-6,9H2,1H3,(H,20,21). The molecule has 0 amide bonds. The van der Waals surface area contributed by atoms with Crippen LogP contribution in [-0.4, -0.2) is 49.6 Å². The summed E-state index contributed by atoms with van der Waals surface area (Å²) in [5, 5.41) is 17.8. The molecule has 2 N–H and O–H groups in total. The smallest absolute Gasteiger partial charge is 0.317 e. The summed E-state index contributed by atoms with van der Waals surface area (Å²) in [5.41, 5.74) is 0.214. The molecule has 1 aliphatic rings. The molecular formula is C15H18ClN3O4S. The van der Waals surface area contributed by atoms with Crippen molar-refractivity contribution in [2.45, 2.75) is 36.7 Å². The molecule has 9 heteroatoms. The summed E-state index contributed by atoms with van der Waals surface area (Å²) in [6.07, 6.45) is 1.12. The van der Waals surface area contributed by atoms with Crippen LogP contribution in [0.5, 0.6) is 0 Å². The van der Waals surface area contributed by atoms with E-state index in [0.717, 1.165) is 0 Å². The number of hydrogen-bond acceptors (Lipinski definition) is 5. The lowest BCUT2D eigenvalue weighted by Gasteiger charge is -2.42. The van der Waals surface area contributed by atoms with E-state index in [0.29, 0.717) is 19.4 Å². The van der Waals surface area contributed by atoms with Gasteiger partial charge in [0.2, 0.25) is 10.0 Å². The minimum Gasteiger partial charge on any atom is -0.480 e. The number of aliphatic carboxylic acids is 1. The van der Waals surface area contributed by atoms with Crippen LogP contribution in [0.4, 0.5) is 0 Å². The first-order valence-corrected chi connectivity index (χ1v) is 9.30. The van der Waals surface area contributed by atoms with Crippen molar-refractivity contribution in [3.63, 3.8) is 0 Å². The van der Waals surface area contributed by atoms with Gasteiger partial charge in [0.05, 0.1) is 22.0 Å². The number of carbonyl (C=O) groups is 1. The molecule has 0 bridgehead atoms. The molecule has 24 heavy (non-hydrogen) atoms. The molecule has 0 heterocycles. The van der Waals surface area contributed by atoms with Gasteiger partial charge in [-0.15, -0.1) is 0 Å². The van der Waals surface area contributed by atoms with Crippen LogP contribution in [0.1, 0.15) is 25.3 Å². The number of halogens is 1. The summed E-state index contributed by atoms with van der Waals surface area (Å²) < 4.78 is 27.3. The van der Waals surface area contributed by atoms with E-state index in [1.807, 2.05) is 17.9 Å². The van der Waals surface area contributed by atoms with Gasteiger partial charge < -0.3 is 5.11 Å². The van der Waals surface area contributed by atoms with Crippen LogP contribution in [0.3, 0.4) is 0 Å². The summed E-state index contributed by atoms with van der Waals surface area (Å²) in [6, 6.07) is 5.65. The van der Waals surface area contributed by atoms with E-state index in [4.69, 9.17) is 22.0 Å². The number of carboxylic acids is 1. The predicted molar refractivity (Wildman–Crippen MR) is 88.2 cm³/mol. The predicted octanol–water partition coefficient (Wildman–Crippen LogP) is 1.43. The van der Waals surface area contributed by atoms with Gasteiger partial charge in [0, 0.05) is 12.1 Å². The molecule has 2 rings (SSSR count). The quantitative estimate of drug-likeness (QED) is 0.750. The van der Waals surface area contributed by atoms with E-state index < -0.39 is 16.0 Å². The lowest BCUT2D eigenvalue weighted by atomic mass is 9.86. The van der Waals surface area contributed by atoms with Crippen LogP contribution in [-0.2, 0) is 14.8 Å². The molecule has 7 nitrogen and oxygen atoms in total. The Morgan fingerprint density at radius 1 is 1.50 bits per heavy atom. The minimum absolute atomic E-state index is 0.00725. The number of nitrogens with one attached hydrogen (secondary N) is 1. The van der Waals surface area contributed by atoms with Gasteiger partial charge in [-0.3, -0.25) is 9.69 Å². The lowest BCUT2D eigenvalue weighted by Crippen LogP contribution is -2.54. The molecule has 0 aliphatic heterocycles. The van der Waals surface area contributed by atoms with E-state index in [1.54, 1.807) is 0 Å². The number of nitrogens with zero attached hydrogens (tertiary/aromatic N) is 2. The van der Waals surface area contributed by atoms with Gasteiger partial charge in [0.1, 0.15) is 6.07 Å². The van der Waals surface area contributed by atoms with Crippen molar-refractivity contribution in [1.82, 2.24) is 9.62 Å². The zero-order valence-electron chi connectivity index (χ0n) is 13.1. The van der Waals surface area contributed by atoms with Crippen LogP contribution >= 0.6 is 11.6 Å². The SMILES string of the molecule is CCN(CC(=O)O)C1CC(NS(=O)(=O)c2ccc(C#N)c(Cl)c2)C1. The number of carboxylic acid groups (broad SMARTS) is 1.